The third-order valence-corrected chi connectivity index (χ3v) is 2.81. The van der Waals surface area contributed by atoms with E-state index in [1.54, 1.807) is 18.2 Å². The van der Waals surface area contributed by atoms with Crippen molar-refractivity contribution in [2.24, 2.45) is 0 Å². The van der Waals surface area contributed by atoms with Gasteiger partial charge in [0.25, 0.3) is 0 Å². The zero-order chi connectivity index (χ0) is 12.1. The Morgan fingerprint density at radius 2 is 2.31 bits per heavy atom. The van der Waals surface area contributed by atoms with Gasteiger partial charge in [-0.3, -0.25) is 0 Å². The molecular formula is C12H12BrNO2. The molecular weight excluding hydrogens is 270 g/mol. The van der Waals surface area contributed by atoms with Gasteiger partial charge in [-0.15, -0.1) is 0 Å². The fraction of sp³-hybridized carbons (Fsp3) is 0.333. The smallest absolute Gasteiger partial charge is 0.338 e. The minimum atomic E-state index is -0.399. The summed E-state index contributed by atoms with van der Waals surface area (Å²) in [6.45, 7) is 9.04. The molecule has 0 fully saturated rings. The van der Waals surface area contributed by atoms with Gasteiger partial charge < -0.3 is 9.58 Å². The van der Waals surface area contributed by atoms with Gasteiger partial charge in [-0.1, -0.05) is 22.9 Å². The summed E-state index contributed by atoms with van der Waals surface area (Å²) in [7, 11) is 1.34. The molecule has 0 bridgehead atoms. The fourth-order valence-corrected chi connectivity index (χ4v) is 1.86. The molecule has 0 aliphatic rings. The lowest BCUT2D eigenvalue weighted by molar-refractivity contribution is 0.0599. The summed E-state index contributed by atoms with van der Waals surface area (Å²) in [5.41, 5.74) is 1.19. The van der Waals surface area contributed by atoms with Gasteiger partial charge in [-0.05, 0) is 18.2 Å². The molecule has 0 aliphatic heterocycles. The predicted molar refractivity (Wildman–Crippen MR) is 65.1 cm³/mol. The lowest BCUT2D eigenvalue weighted by atomic mass is 9.99. The maximum Gasteiger partial charge on any atom is 0.338 e. The van der Waals surface area contributed by atoms with Crippen LogP contribution in [0.2, 0.25) is 0 Å². The summed E-state index contributed by atoms with van der Waals surface area (Å²) in [6.07, 6.45) is 0.671. The van der Waals surface area contributed by atoms with Crippen LogP contribution in [0, 0.1) is 6.57 Å². The highest BCUT2D eigenvalue weighted by atomic mass is 79.9. The standard InChI is InChI=1S/C12H12BrNO2/c1-4-11(14-2)10-7-8(13)5-6-9(10)12(15)16-3/h5-7,11H,4H2,1,3H3. The minimum Gasteiger partial charge on any atom is -0.465 e. The predicted octanol–water partition coefficient (Wildman–Crippen LogP) is 3.61. The Morgan fingerprint density at radius 3 is 2.81 bits per heavy atom. The molecule has 0 heterocycles. The molecule has 1 rings (SSSR count). The molecule has 0 saturated heterocycles. The number of carbonyl (C=O) groups is 1. The second-order valence-electron chi connectivity index (χ2n) is 3.28. The highest BCUT2D eigenvalue weighted by Crippen LogP contribution is 2.28. The van der Waals surface area contributed by atoms with Gasteiger partial charge in [0, 0.05) is 16.5 Å². The average Bonchev–Trinajstić information content (AvgIpc) is 2.30. The van der Waals surface area contributed by atoms with Crippen LogP contribution in [0.4, 0.5) is 0 Å². The maximum absolute atomic E-state index is 11.5. The van der Waals surface area contributed by atoms with Gasteiger partial charge in [0.1, 0.15) is 0 Å². The summed E-state index contributed by atoms with van der Waals surface area (Å²) in [4.78, 5) is 15.1. The SMILES string of the molecule is [C-]#[N+]C(CC)c1cc(Br)ccc1C(=O)OC. The van der Waals surface area contributed by atoms with Crippen LogP contribution < -0.4 is 0 Å². The number of hydrogen-bond donors (Lipinski definition) is 0. The number of rotatable bonds is 3. The van der Waals surface area contributed by atoms with Gasteiger partial charge >= 0.3 is 5.97 Å². The molecule has 3 nitrogen and oxygen atoms in total. The van der Waals surface area contributed by atoms with E-state index < -0.39 is 5.97 Å². The molecule has 1 aromatic rings. The van der Waals surface area contributed by atoms with Crippen molar-refractivity contribution in [1.29, 1.82) is 0 Å². The van der Waals surface area contributed by atoms with Crippen LogP contribution in [0.3, 0.4) is 0 Å². The second kappa shape index (κ2) is 5.66. The Labute approximate surface area is 103 Å². The zero-order valence-corrected chi connectivity index (χ0v) is 10.7. The second-order valence-corrected chi connectivity index (χ2v) is 4.19. The molecule has 0 amide bonds. The van der Waals surface area contributed by atoms with E-state index in [1.165, 1.54) is 7.11 Å². The number of carbonyl (C=O) groups excluding carboxylic acids is 1. The molecule has 4 heteroatoms. The van der Waals surface area contributed by atoms with Crippen molar-refractivity contribution in [3.63, 3.8) is 0 Å². The number of methoxy groups -OCH3 is 1. The summed E-state index contributed by atoms with van der Waals surface area (Å²) in [6, 6.07) is 4.95. The first-order valence-electron chi connectivity index (χ1n) is 4.88. The molecule has 0 N–H and O–H groups in total. The number of benzene rings is 1. The molecule has 0 aliphatic carbocycles. The van der Waals surface area contributed by atoms with Crippen LogP contribution in [0.25, 0.3) is 4.85 Å². The third-order valence-electron chi connectivity index (χ3n) is 2.32. The largest absolute Gasteiger partial charge is 0.465 e. The summed E-state index contributed by atoms with van der Waals surface area (Å²) in [5.74, 6) is -0.399. The molecule has 1 atom stereocenters. The molecule has 0 radical (unpaired) electrons. The van der Waals surface area contributed by atoms with E-state index in [9.17, 15) is 4.79 Å². The van der Waals surface area contributed by atoms with Crippen molar-refractivity contribution in [3.8, 4) is 0 Å². The molecule has 0 saturated carbocycles. The van der Waals surface area contributed by atoms with Gasteiger partial charge in [-0.25, -0.2) is 11.4 Å². The van der Waals surface area contributed by atoms with Crippen LogP contribution in [0.1, 0.15) is 35.3 Å². The molecule has 84 valence electrons. The minimum absolute atomic E-state index is 0.299. The summed E-state index contributed by atoms with van der Waals surface area (Å²) < 4.78 is 5.56. The van der Waals surface area contributed by atoms with E-state index in [1.807, 2.05) is 6.92 Å². The van der Waals surface area contributed by atoms with Crippen molar-refractivity contribution in [2.75, 3.05) is 7.11 Å². The maximum atomic E-state index is 11.5. The number of nitrogens with zero attached hydrogens (tertiary/aromatic N) is 1. The Hall–Kier alpha value is -1.34. The van der Waals surface area contributed by atoms with Crippen molar-refractivity contribution in [2.45, 2.75) is 19.4 Å². The quantitative estimate of drug-likeness (QED) is 0.626. The van der Waals surface area contributed by atoms with Gasteiger partial charge in [0.15, 0.2) is 0 Å². The summed E-state index contributed by atoms with van der Waals surface area (Å²) in [5, 5.41) is 0. The van der Waals surface area contributed by atoms with Gasteiger partial charge in [0.2, 0.25) is 6.04 Å². The normalized spacial score (nSPS) is 11.6. The first kappa shape index (κ1) is 12.7. The van der Waals surface area contributed by atoms with Gasteiger partial charge in [0.05, 0.1) is 12.7 Å². The van der Waals surface area contributed by atoms with Crippen LogP contribution in [-0.4, -0.2) is 13.1 Å². The van der Waals surface area contributed by atoms with Crippen LogP contribution >= 0.6 is 15.9 Å². The highest BCUT2D eigenvalue weighted by molar-refractivity contribution is 9.10. The number of esters is 1. The molecule has 1 aromatic carbocycles. The molecule has 1 unspecified atom stereocenters. The lowest BCUT2D eigenvalue weighted by Crippen LogP contribution is -2.07. The third kappa shape index (κ3) is 2.61. The van der Waals surface area contributed by atoms with E-state index in [0.29, 0.717) is 12.0 Å². The highest BCUT2D eigenvalue weighted by Gasteiger charge is 2.22. The van der Waals surface area contributed by atoms with Crippen LogP contribution in [0.5, 0.6) is 0 Å². The molecule has 0 aromatic heterocycles. The van der Waals surface area contributed by atoms with Crippen LogP contribution in [0.15, 0.2) is 22.7 Å². The fourth-order valence-electron chi connectivity index (χ4n) is 1.49. The van der Waals surface area contributed by atoms with Gasteiger partial charge in [-0.2, -0.15) is 0 Å². The molecule has 16 heavy (non-hydrogen) atoms. The Balaban J connectivity index is 3.29. The number of halogens is 1. The van der Waals surface area contributed by atoms with Crippen molar-refractivity contribution < 1.29 is 9.53 Å². The van der Waals surface area contributed by atoms with Crippen molar-refractivity contribution in [3.05, 3.63) is 45.2 Å². The van der Waals surface area contributed by atoms with E-state index in [-0.39, 0.29) is 6.04 Å². The Morgan fingerprint density at radius 1 is 1.62 bits per heavy atom. The Kier molecular flexibility index (Phi) is 4.51. The number of ether oxygens (including phenoxy) is 1. The Bertz CT molecular complexity index is 437. The van der Waals surface area contributed by atoms with Crippen molar-refractivity contribution >= 4 is 21.9 Å². The first-order valence-corrected chi connectivity index (χ1v) is 5.67. The monoisotopic (exact) mass is 281 g/mol. The van der Waals surface area contributed by atoms with E-state index in [2.05, 4.69) is 20.8 Å². The average molecular weight is 282 g/mol. The summed E-state index contributed by atoms with van der Waals surface area (Å²) >= 11 is 3.34. The van der Waals surface area contributed by atoms with E-state index in [0.717, 1.165) is 10.0 Å². The topological polar surface area (TPSA) is 30.7 Å². The van der Waals surface area contributed by atoms with Crippen molar-refractivity contribution in [1.82, 2.24) is 0 Å². The van der Waals surface area contributed by atoms with E-state index in [4.69, 9.17) is 11.3 Å². The lowest BCUT2D eigenvalue weighted by Gasteiger charge is -2.09. The van der Waals surface area contributed by atoms with Crippen LogP contribution in [-0.2, 0) is 4.74 Å². The number of hydrogen-bond acceptors (Lipinski definition) is 2. The molecule has 0 spiro atoms. The van der Waals surface area contributed by atoms with E-state index >= 15 is 0 Å². The zero-order valence-electron chi connectivity index (χ0n) is 9.16. The first-order chi connectivity index (χ1) is 7.63.